The zero-order valence-electron chi connectivity index (χ0n) is 14.3. The molecule has 3 amide bonds. The Morgan fingerprint density at radius 1 is 1.42 bits per heavy atom. The van der Waals surface area contributed by atoms with Crippen molar-refractivity contribution >= 4 is 11.9 Å². The summed E-state index contributed by atoms with van der Waals surface area (Å²) in [5, 5.41) is 5.89. The third-order valence-corrected chi connectivity index (χ3v) is 4.25. The number of rotatable bonds is 7. The SMILES string of the molecule is CN(C)C(CNC(=O)NC1CCN(CC(N)=O)CC1)c1ccco1. The lowest BCUT2D eigenvalue weighted by Gasteiger charge is -2.31. The van der Waals surface area contributed by atoms with Crippen LogP contribution in [0.4, 0.5) is 4.79 Å². The number of carbonyl (C=O) groups is 2. The summed E-state index contributed by atoms with van der Waals surface area (Å²) >= 11 is 0. The van der Waals surface area contributed by atoms with Crippen molar-refractivity contribution in [3.8, 4) is 0 Å². The lowest BCUT2D eigenvalue weighted by Crippen LogP contribution is -2.50. The number of nitrogens with zero attached hydrogens (tertiary/aromatic N) is 2. The van der Waals surface area contributed by atoms with Crippen LogP contribution >= 0.6 is 0 Å². The zero-order valence-corrected chi connectivity index (χ0v) is 14.3. The smallest absolute Gasteiger partial charge is 0.315 e. The third kappa shape index (κ3) is 5.54. The topological polar surface area (TPSA) is 104 Å². The van der Waals surface area contributed by atoms with E-state index in [2.05, 4.69) is 10.6 Å². The summed E-state index contributed by atoms with van der Waals surface area (Å²) in [5.41, 5.74) is 5.20. The number of piperidine rings is 1. The van der Waals surface area contributed by atoms with E-state index in [9.17, 15) is 9.59 Å². The number of primary amides is 1. The summed E-state index contributed by atoms with van der Waals surface area (Å²) < 4.78 is 5.43. The fourth-order valence-corrected chi connectivity index (χ4v) is 2.90. The van der Waals surface area contributed by atoms with Crippen molar-refractivity contribution in [1.29, 1.82) is 0 Å². The van der Waals surface area contributed by atoms with Gasteiger partial charge >= 0.3 is 6.03 Å². The minimum Gasteiger partial charge on any atom is -0.468 e. The van der Waals surface area contributed by atoms with Crippen molar-refractivity contribution < 1.29 is 14.0 Å². The van der Waals surface area contributed by atoms with Gasteiger partial charge in [0.2, 0.25) is 5.91 Å². The number of nitrogens with two attached hydrogens (primary N) is 1. The van der Waals surface area contributed by atoms with E-state index in [4.69, 9.17) is 10.2 Å². The Morgan fingerprint density at radius 2 is 2.12 bits per heavy atom. The highest BCUT2D eigenvalue weighted by atomic mass is 16.3. The van der Waals surface area contributed by atoms with Gasteiger partial charge in [-0.1, -0.05) is 0 Å². The molecule has 1 unspecified atom stereocenters. The number of hydrogen-bond donors (Lipinski definition) is 3. The standard InChI is InChI=1S/C16H27N5O3/c1-20(2)13(14-4-3-9-24-14)10-18-16(23)19-12-5-7-21(8-6-12)11-15(17)22/h3-4,9,12-13H,5-8,10-11H2,1-2H3,(H2,17,22)(H2,18,19,23). The molecule has 1 aliphatic rings. The van der Waals surface area contributed by atoms with Crippen LogP contribution in [-0.2, 0) is 4.79 Å². The first kappa shape index (κ1) is 18.3. The normalized spacial score (nSPS) is 17.6. The minimum absolute atomic E-state index is 0.0110. The van der Waals surface area contributed by atoms with Crippen LogP contribution in [0.1, 0.15) is 24.6 Å². The molecule has 4 N–H and O–H groups in total. The van der Waals surface area contributed by atoms with Gasteiger partial charge in [0.15, 0.2) is 0 Å². The van der Waals surface area contributed by atoms with Crippen LogP contribution in [0.25, 0.3) is 0 Å². The van der Waals surface area contributed by atoms with Crippen LogP contribution in [0.15, 0.2) is 22.8 Å². The molecule has 2 rings (SSSR count). The second-order valence-corrected chi connectivity index (χ2v) is 6.37. The Morgan fingerprint density at radius 3 is 2.67 bits per heavy atom. The van der Waals surface area contributed by atoms with Gasteiger partial charge in [-0.3, -0.25) is 14.6 Å². The maximum atomic E-state index is 12.1. The quantitative estimate of drug-likeness (QED) is 0.656. The average molecular weight is 337 g/mol. The molecule has 1 saturated heterocycles. The fourth-order valence-electron chi connectivity index (χ4n) is 2.90. The van der Waals surface area contributed by atoms with E-state index in [0.717, 1.165) is 31.7 Å². The Hall–Kier alpha value is -2.06. The van der Waals surface area contributed by atoms with E-state index in [1.165, 1.54) is 0 Å². The summed E-state index contributed by atoms with van der Waals surface area (Å²) in [5.74, 6) is 0.506. The number of furan rings is 1. The van der Waals surface area contributed by atoms with Gasteiger partial charge in [-0.2, -0.15) is 0 Å². The van der Waals surface area contributed by atoms with Crippen molar-refractivity contribution in [2.24, 2.45) is 5.73 Å². The number of amides is 3. The molecule has 134 valence electrons. The largest absolute Gasteiger partial charge is 0.468 e. The number of urea groups is 1. The number of likely N-dealkylation sites (N-methyl/N-ethyl adjacent to an activating group) is 1. The molecule has 1 aliphatic heterocycles. The van der Waals surface area contributed by atoms with Crippen LogP contribution in [0.2, 0.25) is 0 Å². The molecule has 24 heavy (non-hydrogen) atoms. The molecule has 1 aromatic rings. The number of nitrogens with one attached hydrogen (secondary N) is 2. The molecule has 0 radical (unpaired) electrons. The Balaban J connectivity index is 1.72. The van der Waals surface area contributed by atoms with Crippen LogP contribution in [-0.4, -0.2) is 68.1 Å². The molecule has 1 aromatic heterocycles. The summed E-state index contributed by atoms with van der Waals surface area (Å²) in [6.07, 6.45) is 3.26. The molecule has 0 saturated carbocycles. The highest BCUT2D eigenvalue weighted by molar-refractivity contribution is 5.76. The number of likely N-dealkylation sites (tertiary alicyclic amines) is 1. The molecular weight excluding hydrogens is 310 g/mol. The number of hydrogen-bond acceptors (Lipinski definition) is 5. The number of carbonyl (C=O) groups excluding carboxylic acids is 2. The van der Waals surface area contributed by atoms with Gasteiger partial charge in [-0.25, -0.2) is 4.79 Å². The molecule has 8 nitrogen and oxygen atoms in total. The summed E-state index contributed by atoms with van der Waals surface area (Å²) in [6.45, 7) is 2.28. The van der Waals surface area contributed by atoms with Crippen molar-refractivity contribution in [3.63, 3.8) is 0 Å². The summed E-state index contributed by atoms with van der Waals surface area (Å²) in [6, 6.07) is 3.67. The maximum absolute atomic E-state index is 12.1. The molecule has 0 spiro atoms. The Kier molecular flexibility index (Phi) is 6.62. The Bertz CT molecular complexity index is 524. The van der Waals surface area contributed by atoms with Gasteiger partial charge in [0.05, 0.1) is 18.8 Å². The lowest BCUT2D eigenvalue weighted by molar-refractivity contribution is -0.119. The predicted octanol–water partition coefficient (Wildman–Crippen LogP) is 0.131. The van der Waals surface area contributed by atoms with Crippen molar-refractivity contribution in [2.45, 2.75) is 24.9 Å². The highest BCUT2D eigenvalue weighted by Crippen LogP contribution is 2.17. The summed E-state index contributed by atoms with van der Waals surface area (Å²) in [4.78, 5) is 27.0. The van der Waals surface area contributed by atoms with E-state index in [1.54, 1.807) is 6.26 Å². The first-order chi connectivity index (χ1) is 11.5. The van der Waals surface area contributed by atoms with Gasteiger partial charge in [0.25, 0.3) is 0 Å². The van der Waals surface area contributed by atoms with Crippen LogP contribution in [0, 0.1) is 0 Å². The molecule has 8 heteroatoms. The van der Waals surface area contributed by atoms with E-state index < -0.39 is 0 Å². The van der Waals surface area contributed by atoms with Gasteiger partial charge < -0.3 is 20.8 Å². The molecule has 0 bridgehead atoms. The molecule has 0 aliphatic carbocycles. The van der Waals surface area contributed by atoms with E-state index in [-0.39, 0.29) is 30.6 Å². The van der Waals surface area contributed by atoms with Crippen molar-refractivity contribution in [3.05, 3.63) is 24.2 Å². The highest BCUT2D eigenvalue weighted by Gasteiger charge is 2.22. The van der Waals surface area contributed by atoms with E-state index >= 15 is 0 Å². The lowest BCUT2D eigenvalue weighted by atomic mass is 10.1. The molecule has 1 fully saturated rings. The average Bonchev–Trinajstić information content (AvgIpc) is 3.02. The van der Waals surface area contributed by atoms with Crippen LogP contribution < -0.4 is 16.4 Å². The first-order valence-corrected chi connectivity index (χ1v) is 8.20. The molecular formula is C16H27N5O3. The van der Waals surface area contributed by atoms with Gasteiger partial charge in [-0.05, 0) is 39.1 Å². The molecule has 0 aromatic carbocycles. The summed E-state index contributed by atoms with van der Waals surface area (Å²) in [7, 11) is 3.89. The van der Waals surface area contributed by atoms with Gasteiger partial charge in [0, 0.05) is 25.7 Å². The van der Waals surface area contributed by atoms with Crippen LogP contribution in [0.3, 0.4) is 0 Å². The van der Waals surface area contributed by atoms with Gasteiger partial charge in [0.1, 0.15) is 5.76 Å². The molecule has 1 atom stereocenters. The van der Waals surface area contributed by atoms with E-state index in [0.29, 0.717) is 6.54 Å². The third-order valence-electron chi connectivity index (χ3n) is 4.25. The first-order valence-electron chi connectivity index (χ1n) is 8.20. The molecule has 2 heterocycles. The van der Waals surface area contributed by atoms with E-state index in [1.807, 2.05) is 36.0 Å². The minimum atomic E-state index is -0.313. The fraction of sp³-hybridized carbons (Fsp3) is 0.625. The van der Waals surface area contributed by atoms with Crippen LogP contribution in [0.5, 0.6) is 0 Å². The second-order valence-electron chi connectivity index (χ2n) is 6.37. The zero-order chi connectivity index (χ0) is 17.5. The maximum Gasteiger partial charge on any atom is 0.315 e. The van der Waals surface area contributed by atoms with Crippen molar-refractivity contribution in [2.75, 3.05) is 40.3 Å². The Labute approximate surface area is 142 Å². The van der Waals surface area contributed by atoms with Gasteiger partial charge in [-0.15, -0.1) is 0 Å². The predicted molar refractivity (Wildman–Crippen MR) is 90.3 cm³/mol. The monoisotopic (exact) mass is 337 g/mol. The van der Waals surface area contributed by atoms with Crippen molar-refractivity contribution in [1.82, 2.24) is 20.4 Å². The second kappa shape index (κ2) is 8.70.